The van der Waals surface area contributed by atoms with Gasteiger partial charge in [0.05, 0.1) is 5.69 Å². The highest BCUT2D eigenvalue weighted by Gasteiger charge is 2.20. The molecule has 140 valence electrons. The molecule has 0 unspecified atom stereocenters. The zero-order valence-electron chi connectivity index (χ0n) is 15.6. The van der Waals surface area contributed by atoms with E-state index in [1.54, 1.807) is 4.68 Å². The maximum absolute atomic E-state index is 14.2. The molecule has 0 saturated carbocycles. The Hall–Kier alpha value is -2.53. The molecule has 0 spiro atoms. The van der Waals surface area contributed by atoms with Crippen molar-refractivity contribution in [3.8, 4) is 5.69 Å². The first-order chi connectivity index (χ1) is 13.0. The summed E-state index contributed by atoms with van der Waals surface area (Å²) in [5.41, 5.74) is 5.94. The molecule has 27 heavy (non-hydrogen) atoms. The number of fused-ring (bicyclic) bond motifs is 1. The standard InChI is InChI=1S/C22H23F2N3/c1-14-20(13-25-19-9-7-16-5-3-4-6-17(16)11-19)15(2)27(26-14)22-10-8-18(23)12-21(22)24/h3-6,8,10,12,19,25H,7,9,11,13H2,1-2H3/t19-/m1/s1. The highest BCUT2D eigenvalue weighted by Crippen LogP contribution is 2.23. The lowest BCUT2D eigenvalue weighted by Gasteiger charge is -2.25. The van der Waals surface area contributed by atoms with Gasteiger partial charge in [0.15, 0.2) is 5.82 Å². The summed E-state index contributed by atoms with van der Waals surface area (Å²) in [6.45, 7) is 4.54. The van der Waals surface area contributed by atoms with Gasteiger partial charge < -0.3 is 5.32 Å². The average Bonchev–Trinajstić information content (AvgIpc) is 2.93. The van der Waals surface area contributed by atoms with Crippen molar-refractivity contribution in [1.29, 1.82) is 0 Å². The van der Waals surface area contributed by atoms with Crippen molar-refractivity contribution in [2.45, 2.75) is 45.7 Å². The van der Waals surface area contributed by atoms with Crippen molar-refractivity contribution >= 4 is 0 Å². The van der Waals surface area contributed by atoms with Crippen LogP contribution >= 0.6 is 0 Å². The fourth-order valence-electron chi connectivity index (χ4n) is 3.94. The van der Waals surface area contributed by atoms with E-state index in [9.17, 15) is 8.78 Å². The van der Waals surface area contributed by atoms with Gasteiger partial charge in [0.25, 0.3) is 0 Å². The number of halogens is 2. The Bertz CT molecular complexity index is 978. The summed E-state index contributed by atoms with van der Waals surface area (Å²) in [5, 5.41) is 8.13. The SMILES string of the molecule is Cc1nn(-c2ccc(F)cc2F)c(C)c1CN[C@@H]1CCc2ccccc2C1. The molecule has 1 aliphatic carbocycles. The Balaban J connectivity index is 1.51. The summed E-state index contributed by atoms with van der Waals surface area (Å²) in [6, 6.07) is 12.6. The largest absolute Gasteiger partial charge is 0.309 e. The summed E-state index contributed by atoms with van der Waals surface area (Å²) >= 11 is 0. The molecule has 0 radical (unpaired) electrons. The number of nitrogens with zero attached hydrogens (tertiary/aromatic N) is 2. The fourth-order valence-corrected chi connectivity index (χ4v) is 3.94. The predicted octanol–water partition coefficient (Wildman–Crippen LogP) is 4.41. The second-order valence-electron chi connectivity index (χ2n) is 7.25. The molecule has 1 atom stereocenters. The quantitative estimate of drug-likeness (QED) is 0.740. The first-order valence-corrected chi connectivity index (χ1v) is 9.33. The minimum atomic E-state index is -0.607. The van der Waals surface area contributed by atoms with E-state index in [1.807, 2.05) is 13.8 Å². The van der Waals surface area contributed by atoms with Crippen LogP contribution in [0.25, 0.3) is 5.69 Å². The van der Waals surface area contributed by atoms with Crippen LogP contribution in [0.5, 0.6) is 0 Å². The van der Waals surface area contributed by atoms with Gasteiger partial charge in [0.1, 0.15) is 11.5 Å². The highest BCUT2D eigenvalue weighted by atomic mass is 19.1. The normalized spacial score (nSPS) is 16.4. The Morgan fingerprint density at radius 1 is 1.11 bits per heavy atom. The van der Waals surface area contributed by atoms with Crippen LogP contribution in [0.2, 0.25) is 0 Å². The van der Waals surface area contributed by atoms with Gasteiger partial charge >= 0.3 is 0 Å². The molecular weight excluding hydrogens is 344 g/mol. The van der Waals surface area contributed by atoms with Crippen LogP contribution in [0, 0.1) is 25.5 Å². The fraction of sp³-hybridized carbons (Fsp3) is 0.318. The number of hydrogen-bond donors (Lipinski definition) is 1. The van der Waals surface area contributed by atoms with E-state index in [2.05, 4.69) is 34.7 Å². The summed E-state index contributed by atoms with van der Waals surface area (Å²) in [4.78, 5) is 0. The monoisotopic (exact) mass is 367 g/mol. The first-order valence-electron chi connectivity index (χ1n) is 9.33. The molecule has 3 nitrogen and oxygen atoms in total. The summed E-state index contributed by atoms with van der Waals surface area (Å²) < 4.78 is 28.9. The number of hydrogen-bond acceptors (Lipinski definition) is 2. The van der Waals surface area contributed by atoms with E-state index in [0.29, 0.717) is 12.6 Å². The van der Waals surface area contributed by atoms with Crippen LogP contribution in [0.4, 0.5) is 8.78 Å². The van der Waals surface area contributed by atoms with Gasteiger partial charge in [-0.2, -0.15) is 5.10 Å². The van der Waals surface area contributed by atoms with Crippen molar-refractivity contribution in [2.75, 3.05) is 0 Å². The van der Waals surface area contributed by atoms with E-state index in [0.717, 1.165) is 42.3 Å². The third kappa shape index (κ3) is 3.52. The lowest BCUT2D eigenvalue weighted by molar-refractivity contribution is 0.456. The molecule has 1 N–H and O–H groups in total. The Morgan fingerprint density at radius 3 is 2.67 bits per heavy atom. The number of aryl methyl sites for hydroxylation is 2. The van der Waals surface area contributed by atoms with Crippen molar-refractivity contribution < 1.29 is 8.78 Å². The van der Waals surface area contributed by atoms with Crippen LogP contribution < -0.4 is 5.32 Å². The van der Waals surface area contributed by atoms with Crippen LogP contribution in [0.3, 0.4) is 0 Å². The summed E-state index contributed by atoms with van der Waals surface area (Å²) in [7, 11) is 0. The van der Waals surface area contributed by atoms with Gasteiger partial charge in [-0.1, -0.05) is 24.3 Å². The molecule has 3 aromatic rings. The van der Waals surface area contributed by atoms with E-state index < -0.39 is 11.6 Å². The van der Waals surface area contributed by atoms with Crippen molar-refractivity contribution in [3.63, 3.8) is 0 Å². The number of rotatable bonds is 4. The van der Waals surface area contributed by atoms with Crippen LogP contribution in [0.15, 0.2) is 42.5 Å². The van der Waals surface area contributed by atoms with Gasteiger partial charge in [-0.15, -0.1) is 0 Å². The number of aromatic nitrogens is 2. The summed E-state index contributed by atoms with van der Waals surface area (Å²) in [6.07, 6.45) is 3.22. The molecule has 5 heteroatoms. The van der Waals surface area contributed by atoms with E-state index in [4.69, 9.17) is 0 Å². The number of nitrogens with one attached hydrogen (secondary N) is 1. The Kier molecular flexibility index (Phi) is 4.79. The van der Waals surface area contributed by atoms with Crippen molar-refractivity contribution in [1.82, 2.24) is 15.1 Å². The minimum absolute atomic E-state index is 0.273. The molecule has 2 aromatic carbocycles. The van der Waals surface area contributed by atoms with E-state index >= 15 is 0 Å². The Labute approximate surface area is 158 Å². The van der Waals surface area contributed by atoms with Crippen LogP contribution in [-0.2, 0) is 19.4 Å². The molecule has 0 amide bonds. The topological polar surface area (TPSA) is 29.9 Å². The van der Waals surface area contributed by atoms with Gasteiger partial charge in [0.2, 0.25) is 0 Å². The second kappa shape index (κ2) is 7.24. The maximum atomic E-state index is 14.2. The molecule has 0 aliphatic heterocycles. The van der Waals surface area contributed by atoms with Crippen LogP contribution in [0.1, 0.15) is 34.5 Å². The highest BCUT2D eigenvalue weighted by molar-refractivity contribution is 5.38. The molecule has 1 heterocycles. The number of benzene rings is 2. The molecular formula is C22H23F2N3. The third-order valence-electron chi connectivity index (χ3n) is 5.49. The molecule has 0 bridgehead atoms. The van der Waals surface area contributed by atoms with Gasteiger partial charge in [0, 0.05) is 29.9 Å². The first kappa shape index (κ1) is 17.9. The Morgan fingerprint density at radius 2 is 1.89 bits per heavy atom. The van der Waals surface area contributed by atoms with Crippen molar-refractivity contribution in [3.05, 3.63) is 82.2 Å². The maximum Gasteiger partial charge on any atom is 0.151 e. The molecule has 1 aliphatic rings. The second-order valence-corrected chi connectivity index (χ2v) is 7.25. The predicted molar refractivity (Wildman–Crippen MR) is 102 cm³/mol. The smallest absolute Gasteiger partial charge is 0.151 e. The molecule has 0 saturated heterocycles. The molecule has 1 aromatic heterocycles. The zero-order valence-corrected chi connectivity index (χ0v) is 15.6. The minimum Gasteiger partial charge on any atom is -0.309 e. The van der Waals surface area contributed by atoms with Gasteiger partial charge in [-0.25, -0.2) is 13.5 Å². The van der Waals surface area contributed by atoms with Crippen LogP contribution in [-0.4, -0.2) is 15.8 Å². The average molecular weight is 367 g/mol. The lowest BCUT2D eigenvalue weighted by Crippen LogP contribution is -2.34. The van der Waals surface area contributed by atoms with Gasteiger partial charge in [-0.05, 0) is 56.4 Å². The van der Waals surface area contributed by atoms with Crippen molar-refractivity contribution in [2.24, 2.45) is 0 Å². The molecule has 4 rings (SSSR count). The molecule has 0 fully saturated rings. The lowest BCUT2D eigenvalue weighted by atomic mass is 9.88. The van der Waals surface area contributed by atoms with E-state index in [-0.39, 0.29) is 5.69 Å². The third-order valence-corrected chi connectivity index (χ3v) is 5.49. The van der Waals surface area contributed by atoms with E-state index in [1.165, 1.54) is 23.3 Å². The van der Waals surface area contributed by atoms with Gasteiger partial charge in [-0.3, -0.25) is 0 Å². The zero-order chi connectivity index (χ0) is 19.0. The summed E-state index contributed by atoms with van der Waals surface area (Å²) in [5.74, 6) is -1.19.